The van der Waals surface area contributed by atoms with Crippen molar-refractivity contribution in [2.75, 3.05) is 36.0 Å². The van der Waals surface area contributed by atoms with Crippen molar-refractivity contribution in [3.63, 3.8) is 0 Å². The maximum Gasteiger partial charge on any atom is 0.414 e. The van der Waals surface area contributed by atoms with Crippen molar-refractivity contribution in [3.05, 3.63) is 23.8 Å². The van der Waals surface area contributed by atoms with E-state index < -0.39 is 23.8 Å². The lowest BCUT2D eigenvalue weighted by Gasteiger charge is -2.29. The summed E-state index contributed by atoms with van der Waals surface area (Å²) in [6.45, 7) is 3.60. The van der Waals surface area contributed by atoms with E-state index >= 15 is 0 Å². The van der Waals surface area contributed by atoms with Gasteiger partial charge in [-0.3, -0.25) is 4.90 Å². The average Bonchev–Trinajstić information content (AvgIpc) is 2.94. The Hall–Kier alpha value is -1.96. The van der Waals surface area contributed by atoms with Crippen LogP contribution < -0.4 is 15.1 Å². The number of hydrogen-bond donors (Lipinski definition) is 1. The summed E-state index contributed by atoms with van der Waals surface area (Å²) in [6.07, 6.45) is 1.89. The Morgan fingerprint density at radius 1 is 1.28 bits per heavy atom. The number of ether oxygens (including phenoxy) is 1. The molecule has 0 aromatic heterocycles. The third kappa shape index (κ3) is 4.00. The molecule has 1 aromatic rings. The second-order valence-electron chi connectivity index (χ2n) is 6.36. The van der Waals surface area contributed by atoms with Gasteiger partial charge in [0.2, 0.25) is 0 Å². The van der Waals surface area contributed by atoms with Crippen molar-refractivity contribution in [2.45, 2.75) is 32.3 Å². The summed E-state index contributed by atoms with van der Waals surface area (Å²) < 4.78 is 34.3. The molecule has 25 heavy (non-hydrogen) atoms. The fourth-order valence-corrected chi connectivity index (χ4v) is 3.31. The van der Waals surface area contributed by atoms with Gasteiger partial charge in [0.25, 0.3) is 0 Å². The van der Waals surface area contributed by atoms with Gasteiger partial charge in [0.15, 0.2) is 11.6 Å². The molecular weight excluding hydrogens is 348 g/mol. The highest BCUT2D eigenvalue weighted by atomic mass is 32.1. The van der Waals surface area contributed by atoms with Crippen LogP contribution in [0.3, 0.4) is 0 Å². The normalized spacial score (nSPS) is 20.6. The Balaban J connectivity index is 1.76. The molecule has 0 spiro atoms. The highest BCUT2D eigenvalue weighted by molar-refractivity contribution is 7.80. The minimum atomic E-state index is -0.652. The van der Waals surface area contributed by atoms with E-state index in [-0.39, 0.29) is 17.9 Å². The molecule has 0 radical (unpaired) electrons. The van der Waals surface area contributed by atoms with Crippen LogP contribution in [-0.2, 0) is 4.74 Å². The lowest BCUT2D eigenvalue weighted by molar-refractivity contribution is 0.143. The van der Waals surface area contributed by atoms with E-state index in [0.717, 1.165) is 19.3 Å². The van der Waals surface area contributed by atoms with Gasteiger partial charge in [0.05, 0.1) is 23.8 Å². The van der Waals surface area contributed by atoms with Crippen LogP contribution in [0.1, 0.15) is 26.2 Å². The zero-order chi connectivity index (χ0) is 18.0. The predicted octanol–water partition coefficient (Wildman–Crippen LogP) is 3.22. The number of carbonyl (C=O) groups is 1. The van der Waals surface area contributed by atoms with Crippen LogP contribution in [-0.4, -0.2) is 43.4 Å². The summed E-state index contributed by atoms with van der Waals surface area (Å²) in [4.78, 5) is 15.6. The monoisotopic (exact) mass is 369 g/mol. The van der Waals surface area contributed by atoms with E-state index in [1.807, 2.05) is 0 Å². The molecule has 0 saturated carbocycles. The lowest BCUT2D eigenvalue weighted by Crippen LogP contribution is -2.33. The van der Waals surface area contributed by atoms with Crippen LogP contribution in [0, 0.1) is 11.6 Å². The summed E-state index contributed by atoms with van der Waals surface area (Å²) in [5, 5.41) is 2.93. The molecular formula is C17H21F2N3O2S. The van der Waals surface area contributed by atoms with Crippen molar-refractivity contribution in [2.24, 2.45) is 0 Å². The van der Waals surface area contributed by atoms with Crippen LogP contribution in [0.2, 0.25) is 0 Å². The molecule has 5 nitrogen and oxygen atoms in total. The van der Waals surface area contributed by atoms with E-state index in [1.54, 1.807) is 11.8 Å². The molecule has 2 aliphatic rings. The standard InChI is InChI=1S/C17H21F2N3O2S/c1-11(25)20-9-13-10-22(17(23)24-13)12-7-14(18)16(15(19)8-12)21-5-3-2-4-6-21/h7-8,13H,2-6,9-10H2,1H3,(H,20,25)/t13-/m0/s1. The first-order valence-electron chi connectivity index (χ1n) is 8.42. The van der Waals surface area contributed by atoms with Gasteiger partial charge < -0.3 is 15.0 Å². The second kappa shape index (κ2) is 7.51. The van der Waals surface area contributed by atoms with Gasteiger partial charge in [-0.1, -0.05) is 12.2 Å². The van der Waals surface area contributed by atoms with E-state index in [2.05, 4.69) is 5.32 Å². The van der Waals surface area contributed by atoms with Crippen molar-refractivity contribution in [1.82, 2.24) is 5.32 Å². The van der Waals surface area contributed by atoms with Crippen LogP contribution in [0.5, 0.6) is 0 Å². The molecule has 0 unspecified atom stereocenters. The van der Waals surface area contributed by atoms with Crippen LogP contribution in [0.4, 0.5) is 25.0 Å². The van der Waals surface area contributed by atoms with Crippen molar-refractivity contribution < 1.29 is 18.3 Å². The first kappa shape index (κ1) is 17.8. The van der Waals surface area contributed by atoms with E-state index in [4.69, 9.17) is 17.0 Å². The number of carbonyl (C=O) groups excluding carboxylic acids is 1. The van der Waals surface area contributed by atoms with E-state index in [0.29, 0.717) is 24.6 Å². The molecule has 8 heteroatoms. The number of piperidine rings is 1. The number of amides is 1. The van der Waals surface area contributed by atoms with Gasteiger partial charge in [-0.15, -0.1) is 0 Å². The number of rotatable bonds is 4. The maximum atomic E-state index is 14.5. The van der Waals surface area contributed by atoms with E-state index in [9.17, 15) is 13.6 Å². The summed E-state index contributed by atoms with van der Waals surface area (Å²) >= 11 is 4.92. The Labute approximate surface area is 150 Å². The third-order valence-electron chi connectivity index (χ3n) is 4.44. The molecule has 0 aliphatic carbocycles. The Morgan fingerprint density at radius 3 is 2.52 bits per heavy atom. The quantitative estimate of drug-likeness (QED) is 0.826. The van der Waals surface area contributed by atoms with Crippen molar-refractivity contribution >= 4 is 34.7 Å². The first-order valence-corrected chi connectivity index (χ1v) is 8.83. The maximum absolute atomic E-state index is 14.5. The van der Waals surface area contributed by atoms with Crippen molar-refractivity contribution in [3.8, 4) is 0 Å². The van der Waals surface area contributed by atoms with Crippen LogP contribution in [0.15, 0.2) is 12.1 Å². The topological polar surface area (TPSA) is 44.8 Å². The molecule has 2 heterocycles. The molecule has 2 fully saturated rings. The number of nitrogens with zero attached hydrogens (tertiary/aromatic N) is 2. The first-order chi connectivity index (χ1) is 12.0. The molecule has 0 bridgehead atoms. The van der Waals surface area contributed by atoms with Gasteiger partial charge in [-0.25, -0.2) is 13.6 Å². The zero-order valence-electron chi connectivity index (χ0n) is 14.1. The average molecular weight is 369 g/mol. The Bertz CT molecular complexity index is 657. The third-order valence-corrected chi connectivity index (χ3v) is 4.58. The zero-order valence-corrected chi connectivity index (χ0v) is 14.9. The van der Waals surface area contributed by atoms with E-state index in [1.165, 1.54) is 17.0 Å². The molecule has 3 rings (SSSR count). The number of hydrogen-bond acceptors (Lipinski definition) is 4. The second-order valence-corrected chi connectivity index (χ2v) is 6.97. The van der Waals surface area contributed by atoms with Gasteiger partial charge in [-0.2, -0.15) is 0 Å². The highest BCUT2D eigenvalue weighted by Crippen LogP contribution is 2.32. The molecule has 1 N–H and O–H groups in total. The smallest absolute Gasteiger partial charge is 0.414 e. The minimum Gasteiger partial charge on any atom is -0.442 e. The number of thiocarbonyl (C=S) groups is 1. The number of benzene rings is 1. The molecule has 2 aliphatic heterocycles. The Morgan fingerprint density at radius 2 is 1.92 bits per heavy atom. The number of anilines is 2. The summed E-state index contributed by atoms with van der Waals surface area (Å²) in [5.41, 5.74) is 0.160. The lowest BCUT2D eigenvalue weighted by atomic mass is 10.1. The van der Waals surface area contributed by atoms with Crippen molar-refractivity contribution in [1.29, 1.82) is 0 Å². The van der Waals surface area contributed by atoms with Gasteiger partial charge in [-0.05, 0) is 26.2 Å². The molecule has 136 valence electrons. The number of cyclic esters (lactones) is 1. The summed E-state index contributed by atoms with van der Waals surface area (Å²) in [6, 6.07) is 2.41. The fraction of sp³-hybridized carbons (Fsp3) is 0.529. The molecule has 2 saturated heterocycles. The van der Waals surface area contributed by atoms with Crippen LogP contribution >= 0.6 is 12.2 Å². The highest BCUT2D eigenvalue weighted by Gasteiger charge is 2.33. The van der Waals surface area contributed by atoms with Gasteiger partial charge >= 0.3 is 6.09 Å². The van der Waals surface area contributed by atoms with Crippen LogP contribution in [0.25, 0.3) is 0 Å². The minimum absolute atomic E-state index is 0.00874. The largest absolute Gasteiger partial charge is 0.442 e. The fourth-order valence-electron chi connectivity index (χ4n) is 3.22. The summed E-state index contributed by atoms with van der Waals surface area (Å²) in [7, 11) is 0. The Kier molecular flexibility index (Phi) is 5.36. The summed E-state index contributed by atoms with van der Waals surface area (Å²) in [5.74, 6) is -1.30. The SMILES string of the molecule is CC(=S)NC[C@H]1CN(c2cc(F)c(N3CCCCC3)c(F)c2)C(=O)O1. The number of nitrogens with one attached hydrogen (secondary N) is 1. The number of halogens is 2. The molecule has 1 atom stereocenters. The molecule has 1 amide bonds. The predicted molar refractivity (Wildman–Crippen MR) is 96.3 cm³/mol. The van der Waals surface area contributed by atoms with Gasteiger partial charge in [0.1, 0.15) is 11.8 Å². The molecule has 1 aromatic carbocycles. The van der Waals surface area contributed by atoms with Gasteiger partial charge in [0, 0.05) is 25.2 Å².